The average molecular weight is 424 g/mol. The minimum atomic E-state index is -0.790. The monoisotopic (exact) mass is 424 g/mol. The van der Waals surface area contributed by atoms with E-state index in [9.17, 15) is 9.90 Å². The molecule has 31 heavy (non-hydrogen) atoms. The molecule has 2 bridgehead atoms. The molecule has 1 aliphatic heterocycles. The summed E-state index contributed by atoms with van der Waals surface area (Å²) in [5.41, 5.74) is 11.6. The summed E-state index contributed by atoms with van der Waals surface area (Å²) >= 11 is 0. The first-order valence-electron chi connectivity index (χ1n) is 10.3. The van der Waals surface area contributed by atoms with Crippen molar-refractivity contribution in [2.24, 2.45) is 11.7 Å². The molecule has 3 atom stereocenters. The molecule has 0 saturated carbocycles. The molecular formula is C24H28N2O5. The van der Waals surface area contributed by atoms with Crippen LogP contribution >= 0.6 is 0 Å². The van der Waals surface area contributed by atoms with E-state index in [-0.39, 0.29) is 18.3 Å². The average Bonchev–Trinajstić information content (AvgIpc) is 2.72. The lowest BCUT2D eigenvalue weighted by Gasteiger charge is -2.47. The van der Waals surface area contributed by atoms with Crippen LogP contribution in [0.3, 0.4) is 0 Å². The summed E-state index contributed by atoms with van der Waals surface area (Å²) in [6.45, 7) is 4.16. The third kappa shape index (κ3) is 3.93. The van der Waals surface area contributed by atoms with Crippen LogP contribution in [0.1, 0.15) is 32.3 Å². The molecule has 1 heterocycles. The molecule has 2 aliphatic carbocycles. The number of benzene rings is 1. The van der Waals surface area contributed by atoms with Gasteiger partial charge in [0.2, 0.25) is 0 Å². The zero-order valence-corrected chi connectivity index (χ0v) is 18.0. The minimum absolute atomic E-state index is 0.00255. The topological polar surface area (TPSA) is 103 Å². The van der Waals surface area contributed by atoms with Crippen LogP contribution in [0.2, 0.25) is 0 Å². The first-order chi connectivity index (χ1) is 14.8. The lowest BCUT2D eigenvalue weighted by atomic mass is 9.63. The Morgan fingerprint density at radius 1 is 1.42 bits per heavy atom. The van der Waals surface area contributed by atoms with Gasteiger partial charge in [-0.25, -0.2) is 4.79 Å². The molecule has 7 nitrogen and oxygen atoms in total. The summed E-state index contributed by atoms with van der Waals surface area (Å²) < 4.78 is 15.7. The van der Waals surface area contributed by atoms with Crippen LogP contribution < -0.4 is 15.8 Å². The summed E-state index contributed by atoms with van der Waals surface area (Å²) in [4.78, 5) is 12.2. The Kier molecular flexibility index (Phi) is 5.54. The van der Waals surface area contributed by atoms with Crippen molar-refractivity contribution in [1.82, 2.24) is 5.32 Å². The number of rotatable bonds is 4. The number of phenols is 1. The van der Waals surface area contributed by atoms with Crippen molar-refractivity contribution in [3.05, 3.63) is 70.5 Å². The molecule has 3 aliphatic rings. The Labute approximate surface area is 181 Å². The van der Waals surface area contributed by atoms with Crippen molar-refractivity contribution in [1.29, 1.82) is 0 Å². The second-order valence-electron chi connectivity index (χ2n) is 8.19. The zero-order chi connectivity index (χ0) is 22.2. The molecule has 0 amide bonds. The molecule has 1 aromatic rings. The Bertz CT molecular complexity index is 1020. The third-order valence-corrected chi connectivity index (χ3v) is 6.08. The fourth-order valence-electron chi connectivity index (χ4n) is 4.81. The van der Waals surface area contributed by atoms with Crippen molar-refractivity contribution in [2.45, 2.75) is 45.1 Å². The maximum Gasteiger partial charge on any atom is 0.510 e. The number of aromatic hydroxyl groups is 1. The van der Waals surface area contributed by atoms with Gasteiger partial charge in [-0.1, -0.05) is 29.9 Å². The molecule has 0 spiro atoms. The van der Waals surface area contributed by atoms with Gasteiger partial charge in [-0.05, 0) is 61.6 Å². The van der Waals surface area contributed by atoms with Gasteiger partial charge in [0, 0.05) is 11.6 Å². The van der Waals surface area contributed by atoms with Gasteiger partial charge in [-0.3, -0.25) is 0 Å². The summed E-state index contributed by atoms with van der Waals surface area (Å²) in [6.07, 6.45) is 8.31. The van der Waals surface area contributed by atoms with E-state index < -0.39 is 17.9 Å². The van der Waals surface area contributed by atoms with E-state index in [1.807, 2.05) is 13.0 Å². The highest BCUT2D eigenvalue weighted by molar-refractivity contribution is 5.61. The number of dihydropyridines is 1. The Morgan fingerprint density at radius 3 is 2.97 bits per heavy atom. The van der Waals surface area contributed by atoms with Gasteiger partial charge < -0.3 is 30.4 Å². The number of allylic oxidation sites excluding steroid dienone is 3. The number of fused-ring (bicyclic) bond motifs is 3. The quantitative estimate of drug-likeness (QED) is 0.499. The van der Waals surface area contributed by atoms with E-state index in [0.717, 1.165) is 24.1 Å². The Morgan fingerprint density at radius 2 is 2.23 bits per heavy atom. The molecule has 1 aromatic carbocycles. The first kappa shape index (κ1) is 21.1. The molecule has 164 valence electrons. The van der Waals surface area contributed by atoms with Gasteiger partial charge in [0.05, 0.1) is 12.6 Å². The summed E-state index contributed by atoms with van der Waals surface area (Å²) in [5.74, 6) is 0.586. The number of carbonyl (C=O) groups is 1. The van der Waals surface area contributed by atoms with Gasteiger partial charge in [-0.15, -0.1) is 0 Å². The highest BCUT2D eigenvalue weighted by atomic mass is 16.7. The molecule has 0 fully saturated rings. The van der Waals surface area contributed by atoms with Crippen LogP contribution in [0, 0.1) is 5.92 Å². The van der Waals surface area contributed by atoms with Gasteiger partial charge >= 0.3 is 6.16 Å². The number of hydrogen-bond donors (Lipinski definition) is 3. The highest BCUT2D eigenvalue weighted by Gasteiger charge is 2.45. The van der Waals surface area contributed by atoms with Crippen LogP contribution in [-0.4, -0.2) is 30.1 Å². The largest absolute Gasteiger partial charge is 0.510 e. The SMILES string of the molecule is C/C=C1\[C@@H]2C=C(C)CC1(N)C1=C(C2)NC(OC(=O)OCc2ccc(O)c(OC)c2)C=C1. The van der Waals surface area contributed by atoms with Crippen molar-refractivity contribution in [2.75, 3.05) is 7.11 Å². The van der Waals surface area contributed by atoms with Gasteiger partial charge in [0.25, 0.3) is 0 Å². The van der Waals surface area contributed by atoms with Crippen molar-refractivity contribution in [3.8, 4) is 11.5 Å². The van der Waals surface area contributed by atoms with Crippen LogP contribution in [0.15, 0.2) is 64.9 Å². The maximum absolute atomic E-state index is 12.2. The molecule has 0 radical (unpaired) electrons. The van der Waals surface area contributed by atoms with Gasteiger partial charge in [0.1, 0.15) is 6.61 Å². The number of nitrogens with one attached hydrogen (secondary N) is 1. The number of hydrogen-bond acceptors (Lipinski definition) is 7. The summed E-state index contributed by atoms with van der Waals surface area (Å²) in [7, 11) is 1.46. The van der Waals surface area contributed by atoms with Gasteiger partial charge in [0.15, 0.2) is 17.7 Å². The number of carbonyl (C=O) groups excluding carboxylic acids is 1. The maximum atomic E-state index is 12.2. The smallest absolute Gasteiger partial charge is 0.504 e. The second-order valence-corrected chi connectivity index (χ2v) is 8.19. The Balaban J connectivity index is 1.39. The van der Waals surface area contributed by atoms with Crippen LogP contribution in [0.5, 0.6) is 11.5 Å². The number of phenolic OH excluding ortho intramolecular Hbond substituents is 1. The van der Waals surface area contributed by atoms with Crippen molar-refractivity contribution < 1.29 is 24.1 Å². The Hall–Kier alpha value is -3.19. The van der Waals surface area contributed by atoms with E-state index in [4.69, 9.17) is 19.9 Å². The van der Waals surface area contributed by atoms with Crippen molar-refractivity contribution in [3.63, 3.8) is 0 Å². The highest BCUT2D eigenvalue weighted by Crippen LogP contribution is 2.48. The number of nitrogens with two attached hydrogens (primary N) is 1. The van der Waals surface area contributed by atoms with E-state index in [0.29, 0.717) is 11.3 Å². The molecule has 4 N–H and O–H groups in total. The van der Waals surface area contributed by atoms with E-state index in [1.165, 1.54) is 24.3 Å². The number of ether oxygens (including phenoxy) is 3. The minimum Gasteiger partial charge on any atom is -0.504 e. The standard InChI is InChI=1S/C24H28N2O5/c1-4-17-16-9-14(2)12-24(17,25)18-6-8-22(26-19(18)11-16)31-23(28)30-13-15-5-7-20(27)21(10-15)29-3/h4-10,16,22,26-27H,11-13,25H2,1-3H3/b17-4+/t16-,22?,24?/m1/s1. The third-order valence-electron chi connectivity index (χ3n) is 6.08. The molecular weight excluding hydrogens is 396 g/mol. The zero-order valence-electron chi connectivity index (χ0n) is 18.0. The van der Waals surface area contributed by atoms with E-state index in [1.54, 1.807) is 18.2 Å². The van der Waals surface area contributed by atoms with Crippen LogP contribution in [0.4, 0.5) is 4.79 Å². The predicted octanol–water partition coefficient (Wildman–Crippen LogP) is 3.81. The van der Waals surface area contributed by atoms with E-state index >= 15 is 0 Å². The fourth-order valence-corrected chi connectivity index (χ4v) is 4.81. The summed E-state index contributed by atoms with van der Waals surface area (Å²) in [6, 6.07) is 4.74. The second kappa shape index (κ2) is 8.15. The molecule has 0 saturated heterocycles. The van der Waals surface area contributed by atoms with Crippen molar-refractivity contribution >= 4 is 6.16 Å². The molecule has 4 rings (SSSR count). The summed E-state index contributed by atoms with van der Waals surface area (Å²) in [5, 5.41) is 13.0. The fraction of sp³-hybridized carbons (Fsp3) is 0.375. The first-order valence-corrected chi connectivity index (χ1v) is 10.3. The van der Waals surface area contributed by atoms with Gasteiger partial charge in [-0.2, -0.15) is 0 Å². The van der Waals surface area contributed by atoms with Crippen LogP contribution in [-0.2, 0) is 16.1 Å². The predicted molar refractivity (Wildman–Crippen MR) is 116 cm³/mol. The molecule has 7 heteroatoms. The van der Waals surface area contributed by atoms with Crippen LogP contribution in [0.25, 0.3) is 0 Å². The molecule has 0 aromatic heterocycles. The molecule has 2 unspecified atom stereocenters. The lowest BCUT2D eigenvalue weighted by Crippen LogP contribution is -2.53. The van der Waals surface area contributed by atoms with E-state index in [2.05, 4.69) is 24.4 Å². The normalized spacial score (nSPS) is 27.9. The lowest BCUT2D eigenvalue weighted by molar-refractivity contribution is 0.0248. The number of methoxy groups -OCH3 is 1.